The van der Waals surface area contributed by atoms with Crippen LogP contribution in [0.25, 0.3) is 10.1 Å². The topological polar surface area (TPSA) is 68.0 Å². The number of anilines is 2. The van der Waals surface area contributed by atoms with Gasteiger partial charge >= 0.3 is 0 Å². The van der Waals surface area contributed by atoms with E-state index in [0.717, 1.165) is 10.1 Å². The van der Waals surface area contributed by atoms with Crippen molar-refractivity contribution in [2.24, 2.45) is 0 Å². The fourth-order valence-electron chi connectivity index (χ4n) is 1.79. The molecule has 1 aromatic carbocycles. The second-order valence-corrected chi connectivity index (χ2v) is 5.16. The normalized spacial score (nSPS) is 10.5. The number of nitrogens with zero attached hydrogens (tertiary/aromatic N) is 1. The highest BCUT2D eigenvalue weighted by molar-refractivity contribution is 7.20. The van der Waals surface area contributed by atoms with Gasteiger partial charge in [-0.1, -0.05) is 6.07 Å². The lowest BCUT2D eigenvalue weighted by molar-refractivity contribution is 0.103. The monoisotopic (exact) mass is 269 g/mol. The number of hydrogen-bond acceptors (Lipinski definition) is 4. The number of nitrogens with one attached hydrogen (secondary N) is 1. The number of nitrogens with two attached hydrogens (primary N) is 1. The van der Waals surface area contributed by atoms with E-state index in [4.69, 9.17) is 5.73 Å². The first kappa shape index (κ1) is 11.7. The number of pyridine rings is 1. The lowest BCUT2D eigenvalue weighted by atomic mass is 10.2. The first-order chi connectivity index (χ1) is 9.22. The minimum absolute atomic E-state index is 0.154. The van der Waals surface area contributed by atoms with E-state index in [-0.39, 0.29) is 5.91 Å². The van der Waals surface area contributed by atoms with Crippen molar-refractivity contribution in [1.82, 2.24) is 4.98 Å². The van der Waals surface area contributed by atoms with E-state index in [2.05, 4.69) is 10.3 Å². The van der Waals surface area contributed by atoms with E-state index in [0.29, 0.717) is 16.4 Å². The SMILES string of the molecule is Nc1ccc2sc(C(=O)Nc3ccccn3)cc2c1. The molecule has 0 spiro atoms. The Morgan fingerprint density at radius 3 is 2.89 bits per heavy atom. The van der Waals surface area contributed by atoms with Crippen molar-refractivity contribution in [2.45, 2.75) is 0 Å². The van der Waals surface area contributed by atoms with Crippen molar-refractivity contribution in [2.75, 3.05) is 11.1 Å². The molecule has 3 N–H and O–H groups in total. The van der Waals surface area contributed by atoms with Gasteiger partial charge in [-0.25, -0.2) is 4.98 Å². The first-order valence-electron chi connectivity index (χ1n) is 5.74. The Balaban J connectivity index is 1.89. The van der Waals surface area contributed by atoms with Crippen molar-refractivity contribution in [3.8, 4) is 0 Å². The minimum Gasteiger partial charge on any atom is -0.399 e. The van der Waals surface area contributed by atoms with Crippen molar-refractivity contribution in [3.05, 3.63) is 53.5 Å². The van der Waals surface area contributed by atoms with Gasteiger partial charge in [-0.05, 0) is 41.8 Å². The summed E-state index contributed by atoms with van der Waals surface area (Å²) in [6.45, 7) is 0. The average molecular weight is 269 g/mol. The summed E-state index contributed by atoms with van der Waals surface area (Å²) in [4.78, 5) is 16.8. The minimum atomic E-state index is -0.154. The van der Waals surface area contributed by atoms with Crippen LogP contribution in [0.15, 0.2) is 48.7 Å². The summed E-state index contributed by atoms with van der Waals surface area (Å²) in [6, 6.07) is 12.8. The quantitative estimate of drug-likeness (QED) is 0.702. The molecule has 2 heterocycles. The predicted octanol–water partition coefficient (Wildman–Crippen LogP) is 3.13. The molecule has 0 radical (unpaired) electrons. The van der Waals surface area contributed by atoms with Gasteiger partial charge in [0.25, 0.3) is 5.91 Å². The third-order valence-corrected chi connectivity index (χ3v) is 3.79. The molecule has 19 heavy (non-hydrogen) atoms. The van der Waals surface area contributed by atoms with Gasteiger partial charge in [0, 0.05) is 16.6 Å². The molecule has 0 fully saturated rings. The Labute approximate surface area is 113 Å². The van der Waals surface area contributed by atoms with Gasteiger partial charge in [0.15, 0.2) is 0 Å². The number of rotatable bonds is 2. The van der Waals surface area contributed by atoms with E-state index in [9.17, 15) is 4.79 Å². The van der Waals surface area contributed by atoms with Gasteiger partial charge < -0.3 is 11.1 Å². The number of carbonyl (C=O) groups is 1. The molecule has 4 nitrogen and oxygen atoms in total. The number of thiophene rings is 1. The predicted molar refractivity (Wildman–Crippen MR) is 78.4 cm³/mol. The highest BCUT2D eigenvalue weighted by Gasteiger charge is 2.10. The van der Waals surface area contributed by atoms with Crippen LogP contribution in [-0.2, 0) is 0 Å². The zero-order valence-electron chi connectivity index (χ0n) is 9.96. The van der Waals surface area contributed by atoms with Crippen molar-refractivity contribution in [3.63, 3.8) is 0 Å². The number of aromatic nitrogens is 1. The molecule has 3 rings (SSSR count). The fraction of sp³-hybridized carbons (Fsp3) is 0. The summed E-state index contributed by atoms with van der Waals surface area (Å²) in [5, 5.41) is 3.75. The molecular formula is C14H11N3OS. The standard InChI is InChI=1S/C14H11N3OS/c15-10-4-5-11-9(7-10)8-12(19-11)14(18)17-13-3-1-2-6-16-13/h1-8H,15H2,(H,16,17,18). The molecular weight excluding hydrogens is 258 g/mol. The molecule has 0 saturated heterocycles. The summed E-state index contributed by atoms with van der Waals surface area (Å²) in [7, 11) is 0. The van der Waals surface area contributed by atoms with Gasteiger partial charge in [0.1, 0.15) is 5.82 Å². The van der Waals surface area contributed by atoms with Crippen LogP contribution in [0.5, 0.6) is 0 Å². The molecule has 0 aliphatic heterocycles. The largest absolute Gasteiger partial charge is 0.399 e. The highest BCUT2D eigenvalue weighted by Crippen LogP contribution is 2.27. The second-order valence-electron chi connectivity index (χ2n) is 4.08. The van der Waals surface area contributed by atoms with Gasteiger partial charge in [-0.15, -0.1) is 11.3 Å². The number of hydrogen-bond donors (Lipinski definition) is 2. The van der Waals surface area contributed by atoms with Crippen LogP contribution in [0.4, 0.5) is 11.5 Å². The van der Waals surface area contributed by atoms with Crippen molar-refractivity contribution in [1.29, 1.82) is 0 Å². The molecule has 0 aliphatic carbocycles. The summed E-state index contributed by atoms with van der Waals surface area (Å²) in [5.41, 5.74) is 6.42. The maximum absolute atomic E-state index is 12.1. The molecule has 1 amide bonds. The molecule has 0 unspecified atom stereocenters. The third-order valence-electron chi connectivity index (χ3n) is 2.67. The lowest BCUT2D eigenvalue weighted by Gasteiger charge is -2.00. The van der Waals surface area contributed by atoms with E-state index in [1.807, 2.05) is 30.3 Å². The van der Waals surface area contributed by atoms with Crippen LogP contribution >= 0.6 is 11.3 Å². The molecule has 0 atom stereocenters. The van der Waals surface area contributed by atoms with Crippen LogP contribution in [0.3, 0.4) is 0 Å². The Morgan fingerprint density at radius 1 is 1.21 bits per heavy atom. The number of carbonyl (C=O) groups excluding carboxylic acids is 1. The molecule has 0 aliphatic rings. The Morgan fingerprint density at radius 2 is 2.11 bits per heavy atom. The molecule has 3 aromatic rings. The maximum atomic E-state index is 12.1. The fourth-order valence-corrected chi connectivity index (χ4v) is 2.73. The number of fused-ring (bicyclic) bond motifs is 1. The van der Waals surface area contributed by atoms with Gasteiger partial charge in [-0.3, -0.25) is 4.79 Å². The van der Waals surface area contributed by atoms with Crippen LogP contribution < -0.4 is 11.1 Å². The van der Waals surface area contributed by atoms with E-state index >= 15 is 0 Å². The Bertz CT molecular complexity index is 737. The first-order valence-corrected chi connectivity index (χ1v) is 6.55. The van der Waals surface area contributed by atoms with Gasteiger partial charge in [0.2, 0.25) is 0 Å². The van der Waals surface area contributed by atoms with Crippen molar-refractivity contribution < 1.29 is 4.79 Å². The number of benzene rings is 1. The highest BCUT2D eigenvalue weighted by atomic mass is 32.1. The zero-order valence-corrected chi connectivity index (χ0v) is 10.8. The molecule has 5 heteroatoms. The van der Waals surface area contributed by atoms with E-state index < -0.39 is 0 Å². The molecule has 2 aromatic heterocycles. The summed E-state index contributed by atoms with van der Waals surface area (Å²) in [5.74, 6) is 0.392. The Kier molecular flexibility index (Phi) is 2.89. The van der Waals surface area contributed by atoms with Crippen LogP contribution in [0, 0.1) is 0 Å². The zero-order chi connectivity index (χ0) is 13.2. The third kappa shape index (κ3) is 2.41. The lowest BCUT2D eigenvalue weighted by Crippen LogP contribution is -2.10. The van der Waals surface area contributed by atoms with Crippen LogP contribution in [-0.4, -0.2) is 10.9 Å². The number of amides is 1. The van der Waals surface area contributed by atoms with Crippen LogP contribution in [0.1, 0.15) is 9.67 Å². The van der Waals surface area contributed by atoms with E-state index in [1.54, 1.807) is 18.3 Å². The summed E-state index contributed by atoms with van der Waals surface area (Å²) < 4.78 is 1.04. The van der Waals surface area contributed by atoms with Gasteiger partial charge in [0.05, 0.1) is 4.88 Å². The smallest absolute Gasteiger partial charge is 0.266 e. The molecule has 0 bridgehead atoms. The number of nitrogen functional groups attached to an aromatic ring is 1. The maximum Gasteiger partial charge on any atom is 0.266 e. The Hall–Kier alpha value is -2.40. The average Bonchev–Trinajstić information content (AvgIpc) is 2.83. The summed E-state index contributed by atoms with van der Waals surface area (Å²) in [6.07, 6.45) is 1.64. The second kappa shape index (κ2) is 4.70. The summed E-state index contributed by atoms with van der Waals surface area (Å²) >= 11 is 1.44. The van der Waals surface area contributed by atoms with Crippen LogP contribution in [0.2, 0.25) is 0 Å². The molecule has 0 saturated carbocycles. The van der Waals surface area contributed by atoms with Crippen molar-refractivity contribution >= 4 is 38.8 Å². The molecule has 94 valence electrons. The van der Waals surface area contributed by atoms with Gasteiger partial charge in [-0.2, -0.15) is 0 Å². The van der Waals surface area contributed by atoms with E-state index in [1.165, 1.54) is 11.3 Å².